The molecule has 0 radical (unpaired) electrons. The van der Waals surface area contributed by atoms with Crippen LogP contribution in [0.25, 0.3) is 0 Å². The van der Waals surface area contributed by atoms with Crippen LogP contribution < -0.4 is 0 Å². The maximum atomic E-state index is 13.2. The van der Waals surface area contributed by atoms with Crippen molar-refractivity contribution in [2.75, 3.05) is 13.1 Å². The quantitative estimate of drug-likeness (QED) is 0.623. The Labute approximate surface area is 167 Å². The van der Waals surface area contributed by atoms with Crippen molar-refractivity contribution in [1.82, 2.24) is 4.31 Å². The molecule has 0 amide bonds. The molecule has 1 atom stereocenters. The minimum atomic E-state index is -3.68. The number of rotatable bonds is 5. The van der Waals surface area contributed by atoms with Gasteiger partial charge in [-0.15, -0.1) is 0 Å². The molecule has 3 rings (SSSR count). The number of aliphatic hydroxyl groups excluding tert-OH is 1. The Hall–Kier alpha value is -2.39. The number of hydrogen-bond donors (Lipinski definition) is 1. The van der Waals surface area contributed by atoms with Crippen molar-refractivity contribution in [3.63, 3.8) is 0 Å². The summed E-state index contributed by atoms with van der Waals surface area (Å²) in [4.78, 5) is 0.261. The van der Waals surface area contributed by atoms with Crippen molar-refractivity contribution in [3.05, 3.63) is 77.4 Å². The van der Waals surface area contributed by atoms with Gasteiger partial charge in [-0.25, -0.2) is 8.42 Å². The molecule has 1 aliphatic rings. The lowest BCUT2D eigenvalue weighted by molar-refractivity contribution is 0.201. The van der Waals surface area contributed by atoms with Crippen LogP contribution in [0.2, 0.25) is 0 Å². The monoisotopic (exact) mass is 395 g/mol. The summed E-state index contributed by atoms with van der Waals surface area (Å²) < 4.78 is 27.8. The second-order valence-corrected chi connectivity index (χ2v) is 8.98. The normalized spacial score (nSPS) is 17.0. The molecule has 28 heavy (non-hydrogen) atoms. The van der Waals surface area contributed by atoms with Crippen LogP contribution in [0.5, 0.6) is 0 Å². The molecule has 0 heterocycles. The van der Waals surface area contributed by atoms with Crippen LogP contribution in [0.4, 0.5) is 0 Å². The molecular weight excluding hydrogens is 370 g/mol. The fourth-order valence-corrected chi connectivity index (χ4v) is 4.52. The molecule has 2 aromatic carbocycles. The van der Waals surface area contributed by atoms with Crippen LogP contribution in [0.1, 0.15) is 30.4 Å². The minimum absolute atomic E-state index is 0.0958. The van der Waals surface area contributed by atoms with E-state index < -0.39 is 16.1 Å². The standard InChI is InChI=1S/C23H25NO3S/c1-19-12-14-23(15-13-19)28(26,27)24(18-21-9-5-11-22(25)17-21)16-6-10-20-7-3-2-4-8-20/h2-4,7-8,12-15,17,22,25H,5,9,11,16,18H2,1H3. The molecule has 1 unspecified atom stereocenters. The van der Waals surface area contributed by atoms with Crippen LogP contribution in [0.15, 0.2) is 71.1 Å². The highest BCUT2D eigenvalue weighted by atomic mass is 32.2. The smallest absolute Gasteiger partial charge is 0.244 e. The Morgan fingerprint density at radius 3 is 2.50 bits per heavy atom. The number of aryl methyl sites for hydroxylation is 1. The van der Waals surface area contributed by atoms with Gasteiger partial charge in [0, 0.05) is 12.1 Å². The molecular formula is C23H25NO3S. The van der Waals surface area contributed by atoms with Gasteiger partial charge in [0.15, 0.2) is 0 Å². The van der Waals surface area contributed by atoms with E-state index in [1.165, 1.54) is 4.31 Å². The van der Waals surface area contributed by atoms with Crippen LogP contribution in [-0.2, 0) is 10.0 Å². The summed E-state index contributed by atoms with van der Waals surface area (Å²) in [7, 11) is -3.68. The molecule has 0 fully saturated rings. The van der Waals surface area contributed by atoms with Gasteiger partial charge >= 0.3 is 0 Å². The van der Waals surface area contributed by atoms with E-state index >= 15 is 0 Å². The lowest BCUT2D eigenvalue weighted by atomic mass is 9.97. The van der Waals surface area contributed by atoms with Crippen molar-refractivity contribution in [2.45, 2.75) is 37.2 Å². The van der Waals surface area contributed by atoms with Crippen LogP contribution in [0.3, 0.4) is 0 Å². The van der Waals surface area contributed by atoms with Crippen molar-refractivity contribution in [3.8, 4) is 11.8 Å². The second-order valence-electron chi connectivity index (χ2n) is 7.04. The molecule has 0 saturated heterocycles. The van der Waals surface area contributed by atoms with Gasteiger partial charge < -0.3 is 5.11 Å². The molecule has 1 N–H and O–H groups in total. The fraction of sp³-hybridized carbons (Fsp3) is 0.304. The van der Waals surface area contributed by atoms with E-state index in [9.17, 15) is 13.5 Å². The predicted molar refractivity (Wildman–Crippen MR) is 111 cm³/mol. The Bertz CT molecular complexity index is 984. The first kappa shape index (κ1) is 20.3. The van der Waals surface area contributed by atoms with Gasteiger partial charge in [0.1, 0.15) is 0 Å². The van der Waals surface area contributed by atoms with Gasteiger partial charge in [-0.3, -0.25) is 0 Å². The number of nitrogens with zero attached hydrogens (tertiary/aromatic N) is 1. The van der Waals surface area contributed by atoms with E-state index in [0.29, 0.717) is 0 Å². The SMILES string of the molecule is Cc1ccc(S(=O)(=O)N(CC#Cc2ccccc2)CC2=CC(O)CCC2)cc1. The molecule has 146 valence electrons. The van der Waals surface area contributed by atoms with E-state index in [2.05, 4.69) is 11.8 Å². The molecule has 0 spiro atoms. The zero-order valence-electron chi connectivity index (χ0n) is 16.0. The number of benzene rings is 2. The van der Waals surface area contributed by atoms with Crippen molar-refractivity contribution < 1.29 is 13.5 Å². The summed E-state index contributed by atoms with van der Waals surface area (Å²) in [5.41, 5.74) is 2.80. The molecule has 2 aromatic rings. The molecule has 1 aliphatic carbocycles. The molecule has 5 heteroatoms. The van der Waals surface area contributed by atoms with E-state index in [0.717, 1.165) is 36.0 Å². The number of hydrogen-bond acceptors (Lipinski definition) is 3. The Morgan fingerprint density at radius 2 is 1.82 bits per heavy atom. The molecule has 0 aromatic heterocycles. The average Bonchev–Trinajstić information content (AvgIpc) is 2.68. The van der Waals surface area contributed by atoms with Gasteiger partial charge in [0.25, 0.3) is 0 Å². The Balaban J connectivity index is 1.87. The molecule has 0 saturated carbocycles. The first-order chi connectivity index (χ1) is 13.4. The molecule has 0 bridgehead atoms. The van der Waals surface area contributed by atoms with Crippen LogP contribution in [0, 0.1) is 18.8 Å². The third-order valence-electron chi connectivity index (χ3n) is 4.73. The van der Waals surface area contributed by atoms with Crippen LogP contribution in [-0.4, -0.2) is 37.0 Å². The topological polar surface area (TPSA) is 57.6 Å². The second kappa shape index (κ2) is 9.20. The first-order valence-corrected chi connectivity index (χ1v) is 10.9. The summed E-state index contributed by atoms with van der Waals surface area (Å²) in [5, 5.41) is 9.90. The van der Waals surface area contributed by atoms with Gasteiger partial charge in [0.05, 0.1) is 17.5 Å². The van der Waals surface area contributed by atoms with E-state index in [1.54, 1.807) is 30.3 Å². The molecule has 0 aliphatic heterocycles. The van der Waals surface area contributed by atoms with Gasteiger partial charge in [-0.05, 0) is 50.5 Å². The lowest BCUT2D eigenvalue weighted by Gasteiger charge is -2.24. The van der Waals surface area contributed by atoms with Crippen LogP contribution >= 0.6 is 0 Å². The van der Waals surface area contributed by atoms with Crippen molar-refractivity contribution >= 4 is 10.0 Å². The highest BCUT2D eigenvalue weighted by Crippen LogP contribution is 2.23. The zero-order chi connectivity index (χ0) is 20.0. The third-order valence-corrected chi connectivity index (χ3v) is 6.53. The summed E-state index contributed by atoms with van der Waals surface area (Å²) in [6, 6.07) is 16.4. The lowest BCUT2D eigenvalue weighted by Crippen LogP contribution is -2.34. The molecule has 4 nitrogen and oxygen atoms in total. The van der Waals surface area contributed by atoms with E-state index in [1.807, 2.05) is 37.3 Å². The minimum Gasteiger partial charge on any atom is -0.389 e. The maximum absolute atomic E-state index is 13.2. The Kier molecular flexibility index (Phi) is 6.69. The largest absolute Gasteiger partial charge is 0.389 e. The van der Waals surface area contributed by atoms with E-state index in [-0.39, 0.29) is 18.0 Å². The summed E-state index contributed by atoms with van der Waals surface area (Å²) >= 11 is 0. The summed E-state index contributed by atoms with van der Waals surface area (Å²) in [5.74, 6) is 6.03. The van der Waals surface area contributed by atoms with Gasteiger partial charge in [-0.1, -0.05) is 59.4 Å². The first-order valence-electron chi connectivity index (χ1n) is 9.43. The summed E-state index contributed by atoms with van der Waals surface area (Å²) in [6.45, 7) is 2.27. The number of sulfonamides is 1. The number of aliphatic hydroxyl groups is 1. The fourth-order valence-electron chi connectivity index (χ4n) is 3.17. The average molecular weight is 396 g/mol. The van der Waals surface area contributed by atoms with E-state index in [4.69, 9.17) is 0 Å². The highest BCUT2D eigenvalue weighted by Gasteiger charge is 2.25. The maximum Gasteiger partial charge on any atom is 0.244 e. The van der Waals surface area contributed by atoms with Crippen molar-refractivity contribution in [2.24, 2.45) is 0 Å². The van der Waals surface area contributed by atoms with Gasteiger partial charge in [-0.2, -0.15) is 4.31 Å². The predicted octanol–water partition coefficient (Wildman–Crippen LogP) is 3.51. The van der Waals surface area contributed by atoms with Gasteiger partial charge in [0.2, 0.25) is 10.0 Å². The zero-order valence-corrected chi connectivity index (χ0v) is 16.8. The highest BCUT2D eigenvalue weighted by molar-refractivity contribution is 7.89. The third kappa shape index (κ3) is 5.32. The Morgan fingerprint density at radius 1 is 1.11 bits per heavy atom. The van der Waals surface area contributed by atoms with Crippen molar-refractivity contribution in [1.29, 1.82) is 0 Å². The summed E-state index contributed by atoms with van der Waals surface area (Å²) in [6.07, 6.45) is 3.67.